The molecule has 74 valence electrons. The second kappa shape index (κ2) is 4.18. The Morgan fingerprint density at radius 2 is 1.50 bits per heavy atom. The van der Waals surface area contributed by atoms with Gasteiger partial charge in [-0.1, -0.05) is 6.92 Å². The van der Waals surface area contributed by atoms with Crippen molar-refractivity contribution in [1.29, 1.82) is 0 Å². The van der Waals surface area contributed by atoms with Crippen LogP contribution in [0, 0.1) is 0 Å². The highest BCUT2D eigenvalue weighted by Gasteiger charge is 2.15. The Labute approximate surface area is 71.9 Å². The van der Waals surface area contributed by atoms with Gasteiger partial charge in [0.15, 0.2) is 9.84 Å². The van der Waals surface area contributed by atoms with E-state index in [2.05, 4.69) is 0 Å². The van der Waals surface area contributed by atoms with Crippen molar-refractivity contribution in [1.82, 2.24) is 0 Å². The first-order chi connectivity index (χ1) is 5.27. The summed E-state index contributed by atoms with van der Waals surface area (Å²) in [7, 11) is -8.04. The van der Waals surface area contributed by atoms with Crippen LogP contribution < -0.4 is 0 Å². The minimum absolute atomic E-state index is 0.0947. The SMILES string of the molecule is CCCS(=O)(=O)CCS(=O)(=O)F. The maximum atomic E-state index is 11.9. The minimum Gasteiger partial charge on any atom is -0.229 e. The van der Waals surface area contributed by atoms with Crippen molar-refractivity contribution in [2.75, 3.05) is 17.3 Å². The van der Waals surface area contributed by atoms with Crippen LogP contribution in [0.5, 0.6) is 0 Å². The van der Waals surface area contributed by atoms with Crippen molar-refractivity contribution < 1.29 is 20.7 Å². The summed E-state index contributed by atoms with van der Waals surface area (Å²) in [6.45, 7) is 1.65. The lowest BCUT2D eigenvalue weighted by atomic mass is 10.6. The van der Waals surface area contributed by atoms with E-state index < -0.39 is 31.6 Å². The van der Waals surface area contributed by atoms with E-state index in [1.165, 1.54) is 0 Å². The molecule has 0 saturated heterocycles. The van der Waals surface area contributed by atoms with Crippen LogP contribution in [-0.4, -0.2) is 34.1 Å². The van der Waals surface area contributed by atoms with Gasteiger partial charge >= 0.3 is 10.2 Å². The van der Waals surface area contributed by atoms with Gasteiger partial charge in [-0.05, 0) is 6.42 Å². The van der Waals surface area contributed by atoms with Crippen LogP contribution in [0.15, 0.2) is 0 Å². The van der Waals surface area contributed by atoms with Gasteiger partial charge in [-0.2, -0.15) is 8.42 Å². The smallest absolute Gasteiger partial charge is 0.229 e. The highest BCUT2D eigenvalue weighted by molar-refractivity contribution is 7.93. The van der Waals surface area contributed by atoms with Gasteiger partial charge in [-0.25, -0.2) is 8.42 Å². The fourth-order valence-electron chi connectivity index (χ4n) is 0.640. The molecule has 0 bridgehead atoms. The molecule has 0 saturated carbocycles. The highest BCUT2D eigenvalue weighted by Crippen LogP contribution is 1.98. The lowest BCUT2D eigenvalue weighted by Gasteiger charge is -1.98. The van der Waals surface area contributed by atoms with E-state index in [1.807, 2.05) is 0 Å². The van der Waals surface area contributed by atoms with E-state index in [1.54, 1.807) is 6.92 Å². The fraction of sp³-hybridized carbons (Fsp3) is 1.00. The summed E-state index contributed by atoms with van der Waals surface area (Å²) in [6, 6.07) is 0. The van der Waals surface area contributed by atoms with Crippen molar-refractivity contribution in [3.8, 4) is 0 Å². The first-order valence-electron chi connectivity index (χ1n) is 3.39. The van der Waals surface area contributed by atoms with Gasteiger partial charge < -0.3 is 0 Å². The molecule has 0 aromatic rings. The molecular formula is C5H11FO4S2. The summed E-state index contributed by atoms with van der Waals surface area (Å²) in [4.78, 5) is 0. The van der Waals surface area contributed by atoms with E-state index in [0.717, 1.165) is 0 Å². The van der Waals surface area contributed by atoms with Crippen molar-refractivity contribution >= 4 is 20.1 Å². The molecule has 0 N–H and O–H groups in total. The molecule has 0 rings (SSSR count). The zero-order valence-electron chi connectivity index (χ0n) is 6.66. The van der Waals surface area contributed by atoms with E-state index in [4.69, 9.17) is 0 Å². The third kappa shape index (κ3) is 6.53. The largest absolute Gasteiger partial charge is 0.303 e. The van der Waals surface area contributed by atoms with Crippen LogP contribution in [0.1, 0.15) is 13.3 Å². The first-order valence-corrected chi connectivity index (χ1v) is 6.77. The second-order valence-corrected chi connectivity index (χ2v) is 6.18. The summed E-state index contributed by atoms with van der Waals surface area (Å²) in [6.07, 6.45) is 0.411. The second-order valence-electron chi connectivity index (χ2n) is 2.39. The predicted octanol–water partition coefficient (Wildman–Crippen LogP) is 0.111. The Hall–Kier alpha value is -0.170. The van der Waals surface area contributed by atoms with Gasteiger partial charge in [0, 0.05) is 5.75 Å². The quantitative estimate of drug-likeness (QED) is 0.614. The van der Waals surface area contributed by atoms with Gasteiger partial charge in [0.1, 0.15) is 0 Å². The normalized spacial score (nSPS) is 13.2. The summed E-state index contributed by atoms with van der Waals surface area (Å²) in [5.74, 6) is -1.66. The standard InChI is InChI=1S/C5H11FO4S2/c1-2-3-11(7,8)4-5-12(6,9)10/h2-5H2,1H3. The maximum absolute atomic E-state index is 11.9. The fourth-order valence-corrected chi connectivity index (χ4v) is 3.28. The van der Waals surface area contributed by atoms with Crippen molar-refractivity contribution in [2.45, 2.75) is 13.3 Å². The van der Waals surface area contributed by atoms with Crippen molar-refractivity contribution in [3.05, 3.63) is 0 Å². The molecule has 0 aliphatic carbocycles. The average molecular weight is 218 g/mol. The maximum Gasteiger partial charge on any atom is 0.303 e. The average Bonchev–Trinajstić information content (AvgIpc) is 1.83. The molecule has 0 amide bonds. The van der Waals surface area contributed by atoms with Gasteiger partial charge in [0.05, 0.1) is 11.5 Å². The van der Waals surface area contributed by atoms with Crippen LogP contribution in [0.2, 0.25) is 0 Å². The molecule has 0 aromatic carbocycles. The molecule has 0 fully saturated rings. The molecule has 0 aliphatic rings. The minimum atomic E-state index is -4.65. The van der Waals surface area contributed by atoms with Crippen molar-refractivity contribution in [3.63, 3.8) is 0 Å². The van der Waals surface area contributed by atoms with Crippen LogP contribution in [0.25, 0.3) is 0 Å². The molecule has 7 heteroatoms. The summed E-state index contributed by atoms with van der Waals surface area (Å²) < 4.78 is 53.5. The molecule has 0 atom stereocenters. The molecular weight excluding hydrogens is 207 g/mol. The zero-order valence-corrected chi connectivity index (χ0v) is 8.29. The Morgan fingerprint density at radius 3 is 1.83 bits per heavy atom. The number of rotatable bonds is 5. The molecule has 0 unspecified atom stereocenters. The summed E-state index contributed by atoms with van der Waals surface area (Å²) in [5, 5.41) is 0. The van der Waals surface area contributed by atoms with Crippen LogP contribution in [0.4, 0.5) is 3.89 Å². The summed E-state index contributed by atoms with van der Waals surface area (Å²) in [5.41, 5.74) is 0. The van der Waals surface area contributed by atoms with E-state index in [-0.39, 0.29) is 5.75 Å². The van der Waals surface area contributed by atoms with Gasteiger partial charge in [0.25, 0.3) is 0 Å². The van der Waals surface area contributed by atoms with Crippen LogP contribution >= 0.6 is 0 Å². The molecule has 0 aromatic heterocycles. The van der Waals surface area contributed by atoms with Gasteiger partial charge in [0.2, 0.25) is 0 Å². The third-order valence-electron chi connectivity index (χ3n) is 1.15. The lowest BCUT2D eigenvalue weighted by Crippen LogP contribution is -2.16. The highest BCUT2D eigenvalue weighted by atomic mass is 32.3. The number of halogens is 1. The number of sulfone groups is 1. The van der Waals surface area contributed by atoms with Crippen LogP contribution in [-0.2, 0) is 20.1 Å². The van der Waals surface area contributed by atoms with Gasteiger partial charge in [-0.3, -0.25) is 0 Å². The molecule has 12 heavy (non-hydrogen) atoms. The monoisotopic (exact) mass is 218 g/mol. The molecule has 4 nitrogen and oxygen atoms in total. The van der Waals surface area contributed by atoms with E-state index in [9.17, 15) is 20.7 Å². The van der Waals surface area contributed by atoms with E-state index >= 15 is 0 Å². The summed E-state index contributed by atoms with van der Waals surface area (Å²) >= 11 is 0. The Morgan fingerprint density at radius 1 is 1.00 bits per heavy atom. The molecule has 0 heterocycles. The topological polar surface area (TPSA) is 68.3 Å². The van der Waals surface area contributed by atoms with Crippen LogP contribution in [0.3, 0.4) is 0 Å². The number of hydrogen-bond acceptors (Lipinski definition) is 4. The Balaban J connectivity index is 4.12. The van der Waals surface area contributed by atoms with E-state index in [0.29, 0.717) is 6.42 Å². The number of hydrogen-bond donors (Lipinski definition) is 0. The molecule has 0 radical (unpaired) electrons. The predicted molar refractivity (Wildman–Crippen MR) is 43.8 cm³/mol. The zero-order chi connectivity index (χ0) is 9.83. The molecule has 0 aliphatic heterocycles. The Kier molecular flexibility index (Phi) is 4.12. The van der Waals surface area contributed by atoms with Gasteiger partial charge in [-0.15, -0.1) is 3.89 Å². The molecule has 0 spiro atoms. The first kappa shape index (κ1) is 11.8. The van der Waals surface area contributed by atoms with Crippen molar-refractivity contribution in [2.24, 2.45) is 0 Å². The Bertz CT molecular complexity index is 315. The third-order valence-corrected chi connectivity index (χ3v) is 3.96. The lowest BCUT2D eigenvalue weighted by molar-refractivity contribution is 0.551.